The highest BCUT2D eigenvalue weighted by Crippen LogP contribution is 2.24. The Hall–Kier alpha value is -2.11. The predicted octanol–water partition coefficient (Wildman–Crippen LogP) is 4.86. The Kier molecular flexibility index (Phi) is 6.47. The molecule has 0 aromatic heterocycles. The van der Waals surface area contributed by atoms with Crippen molar-refractivity contribution < 1.29 is 9.59 Å². The molecule has 0 atom stereocenters. The van der Waals surface area contributed by atoms with Gasteiger partial charge in [0.05, 0.1) is 0 Å². The lowest BCUT2D eigenvalue weighted by Gasteiger charge is -2.11. The number of benzene rings is 2. The zero-order valence-electron chi connectivity index (χ0n) is 14.2. The molecule has 134 valence electrons. The van der Waals surface area contributed by atoms with Crippen molar-refractivity contribution in [2.45, 2.75) is 36.3 Å². The van der Waals surface area contributed by atoms with Gasteiger partial charge in [-0.1, -0.05) is 23.7 Å². The van der Waals surface area contributed by atoms with Gasteiger partial charge in [-0.05, 0) is 54.8 Å². The van der Waals surface area contributed by atoms with Gasteiger partial charge in [-0.25, -0.2) is 5.43 Å². The van der Waals surface area contributed by atoms with E-state index in [-0.39, 0.29) is 11.7 Å². The number of ketones is 1. The average molecular weight is 387 g/mol. The highest BCUT2D eigenvalue weighted by molar-refractivity contribution is 7.98. The first-order valence-electron chi connectivity index (χ1n) is 8.45. The van der Waals surface area contributed by atoms with Gasteiger partial charge in [0.15, 0.2) is 0 Å². The third-order valence-electron chi connectivity index (χ3n) is 4.07. The van der Waals surface area contributed by atoms with Gasteiger partial charge in [-0.2, -0.15) is 5.10 Å². The van der Waals surface area contributed by atoms with Crippen molar-refractivity contribution in [2.24, 2.45) is 5.10 Å². The van der Waals surface area contributed by atoms with Crippen LogP contribution in [0.5, 0.6) is 0 Å². The molecule has 3 rings (SSSR count). The Labute approximate surface area is 162 Å². The first kappa shape index (κ1) is 18.7. The summed E-state index contributed by atoms with van der Waals surface area (Å²) >= 11 is 7.60. The number of amides is 1. The van der Waals surface area contributed by atoms with Gasteiger partial charge in [0.1, 0.15) is 5.78 Å². The highest BCUT2D eigenvalue weighted by atomic mass is 35.5. The van der Waals surface area contributed by atoms with Crippen LogP contribution in [0.1, 0.15) is 41.6 Å². The Bertz CT molecular complexity index is 817. The Morgan fingerprint density at radius 3 is 2.50 bits per heavy atom. The normalized spacial score (nSPS) is 15.9. The molecule has 0 aliphatic heterocycles. The van der Waals surface area contributed by atoms with E-state index in [0.717, 1.165) is 39.8 Å². The maximum absolute atomic E-state index is 12.2. The first-order valence-corrected chi connectivity index (χ1v) is 9.81. The first-order chi connectivity index (χ1) is 12.6. The van der Waals surface area contributed by atoms with Crippen LogP contribution in [0, 0.1) is 0 Å². The highest BCUT2D eigenvalue weighted by Gasteiger charge is 2.15. The van der Waals surface area contributed by atoms with Crippen molar-refractivity contribution in [1.82, 2.24) is 5.43 Å². The van der Waals surface area contributed by atoms with E-state index >= 15 is 0 Å². The summed E-state index contributed by atoms with van der Waals surface area (Å²) in [7, 11) is 0. The number of nitrogens with one attached hydrogen (secondary N) is 1. The van der Waals surface area contributed by atoms with Gasteiger partial charge in [-0.3, -0.25) is 9.59 Å². The SMILES string of the molecule is O=C1CCCC(=NNC(=O)c2ccc(CSc3ccc(Cl)cc3)cc2)C1. The van der Waals surface area contributed by atoms with Gasteiger partial charge >= 0.3 is 0 Å². The van der Waals surface area contributed by atoms with Crippen LogP contribution in [0.15, 0.2) is 58.5 Å². The van der Waals surface area contributed by atoms with Gasteiger partial charge in [0.2, 0.25) is 0 Å². The summed E-state index contributed by atoms with van der Waals surface area (Å²) in [5.74, 6) is 0.743. The molecular weight excluding hydrogens is 368 g/mol. The summed E-state index contributed by atoms with van der Waals surface area (Å²) in [6, 6.07) is 15.2. The third-order valence-corrected chi connectivity index (χ3v) is 5.41. The summed E-state index contributed by atoms with van der Waals surface area (Å²) in [6.45, 7) is 0. The van der Waals surface area contributed by atoms with Crippen LogP contribution in [0.25, 0.3) is 0 Å². The fourth-order valence-corrected chi connectivity index (χ4v) is 3.61. The molecule has 1 fully saturated rings. The minimum Gasteiger partial charge on any atom is -0.299 e. The molecule has 0 radical (unpaired) electrons. The van der Waals surface area contributed by atoms with Crippen LogP contribution in [0.4, 0.5) is 0 Å². The van der Waals surface area contributed by atoms with E-state index in [1.54, 1.807) is 23.9 Å². The smallest absolute Gasteiger partial charge is 0.271 e. The van der Waals surface area contributed by atoms with E-state index in [4.69, 9.17) is 11.6 Å². The summed E-state index contributed by atoms with van der Waals surface area (Å²) in [5, 5.41) is 4.82. The molecule has 1 saturated carbocycles. The number of hydrazone groups is 1. The van der Waals surface area contributed by atoms with Crippen LogP contribution in [-0.4, -0.2) is 17.4 Å². The lowest BCUT2D eigenvalue weighted by Crippen LogP contribution is -2.22. The second-order valence-corrected chi connectivity index (χ2v) is 7.61. The zero-order chi connectivity index (χ0) is 18.4. The molecule has 0 saturated heterocycles. The lowest BCUT2D eigenvalue weighted by atomic mass is 9.97. The van der Waals surface area contributed by atoms with Crippen molar-refractivity contribution >= 4 is 40.8 Å². The minimum atomic E-state index is -0.257. The van der Waals surface area contributed by atoms with Crippen molar-refractivity contribution in [2.75, 3.05) is 0 Å². The second-order valence-electron chi connectivity index (χ2n) is 6.13. The molecule has 1 aliphatic rings. The molecule has 0 unspecified atom stereocenters. The summed E-state index contributed by atoms with van der Waals surface area (Å²) < 4.78 is 0. The number of hydrogen-bond donors (Lipinski definition) is 1. The van der Waals surface area contributed by atoms with Gasteiger partial charge in [-0.15, -0.1) is 11.8 Å². The summed E-state index contributed by atoms with van der Waals surface area (Å²) in [4.78, 5) is 24.7. The molecule has 1 aliphatic carbocycles. The molecule has 1 N–H and O–H groups in total. The van der Waals surface area contributed by atoms with E-state index in [9.17, 15) is 9.59 Å². The van der Waals surface area contributed by atoms with E-state index in [0.29, 0.717) is 18.4 Å². The topological polar surface area (TPSA) is 58.5 Å². The molecular formula is C20H19ClN2O2S. The van der Waals surface area contributed by atoms with E-state index in [2.05, 4.69) is 10.5 Å². The maximum atomic E-state index is 12.2. The number of carbonyl (C=O) groups excluding carboxylic acids is 2. The molecule has 2 aromatic carbocycles. The van der Waals surface area contributed by atoms with Crippen LogP contribution < -0.4 is 5.43 Å². The number of hydrogen-bond acceptors (Lipinski definition) is 4. The standard InChI is InChI=1S/C20H19ClN2O2S/c21-16-8-10-19(11-9-16)26-13-14-4-6-15(7-5-14)20(25)23-22-17-2-1-3-18(24)12-17/h4-11H,1-3,12-13H2,(H,23,25). The number of carbonyl (C=O) groups is 2. The Morgan fingerprint density at radius 2 is 1.81 bits per heavy atom. The van der Waals surface area contributed by atoms with Gasteiger partial charge in [0.25, 0.3) is 5.91 Å². The zero-order valence-corrected chi connectivity index (χ0v) is 15.8. The molecule has 0 spiro atoms. The van der Waals surface area contributed by atoms with E-state index < -0.39 is 0 Å². The van der Waals surface area contributed by atoms with Crippen molar-refractivity contribution in [1.29, 1.82) is 0 Å². The molecule has 2 aromatic rings. The molecule has 0 heterocycles. The molecule has 1 amide bonds. The predicted molar refractivity (Wildman–Crippen MR) is 106 cm³/mol. The van der Waals surface area contributed by atoms with Crippen LogP contribution in [0.3, 0.4) is 0 Å². The lowest BCUT2D eigenvalue weighted by molar-refractivity contribution is -0.118. The minimum absolute atomic E-state index is 0.187. The van der Waals surface area contributed by atoms with Crippen LogP contribution in [0.2, 0.25) is 5.02 Å². The molecule has 26 heavy (non-hydrogen) atoms. The molecule has 4 nitrogen and oxygen atoms in total. The second kappa shape index (κ2) is 9.01. The third kappa shape index (κ3) is 5.44. The number of halogens is 1. The van der Waals surface area contributed by atoms with Crippen molar-refractivity contribution in [3.05, 3.63) is 64.7 Å². The average Bonchev–Trinajstić information content (AvgIpc) is 2.66. The van der Waals surface area contributed by atoms with E-state index in [1.165, 1.54) is 0 Å². The molecule has 0 bridgehead atoms. The summed E-state index contributed by atoms with van der Waals surface area (Å²) in [5.41, 5.74) is 4.99. The van der Waals surface area contributed by atoms with Crippen LogP contribution in [-0.2, 0) is 10.5 Å². The van der Waals surface area contributed by atoms with E-state index in [1.807, 2.05) is 36.4 Å². The number of Topliss-reactive ketones (excluding diaryl/α,β-unsaturated/α-hetero) is 1. The Balaban J connectivity index is 1.53. The van der Waals surface area contributed by atoms with Gasteiger partial charge < -0.3 is 0 Å². The van der Waals surface area contributed by atoms with Crippen molar-refractivity contribution in [3.63, 3.8) is 0 Å². The number of rotatable bonds is 5. The van der Waals surface area contributed by atoms with Crippen molar-refractivity contribution in [3.8, 4) is 0 Å². The fraction of sp³-hybridized carbons (Fsp3) is 0.250. The maximum Gasteiger partial charge on any atom is 0.271 e. The fourth-order valence-electron chi connectivity index (χ4n) is 2.63. The Morgan fingerprint density at radius 1 is 1.08 bits per heavy atom. The number of thioether (sulfide) groups is 1. The quantitative estimate of drug-likeness (QED) is 0.589. The summed E-state index contributed by atoms with van der Waals surface area (Å²) in [6.07, 6.45) is 2.55. The van der Waals surface area contributed by atoms with Gasteiger partial charge in [0, 0.05) is 39.8 Å². The largest absolute Gasteiger partial charge is 0.299 e. The monoisotopic (exact) mass is 386 g/mol. The molecule has 6 heteroatoms. The number of nitrogens with zero attached hydrogens (tertiary/aromatic N) is 1. The van der Waals surface area contributed by atoms with Crippen LogP contribution >= 0.6 is 23.4 Å².